The van der Waals surface area contributed by atoms with Crippen molar-refractivity contribution in [3.8, 4) is 0 Å². The van der Waals surface area contributed by atoms with Gasteiger partial charge < -0.3 is 10.4 Å². The summed E-state index contributed by atoms with van der Waals surface area (Å²) in [5.41, 5.74) is 4.55. The first-order valence-corrected chi connectivity index (χ1v) is 9.22. The Labute approximate surface area is 127 Å². The van der Waals surface area contributed by atoms with Crippen LogP contribution in [0.3, 0.4) is 0 Å². The van der Waals surface area contributed by atoms with Crippen molar-refractivity contribution in [1.82, 2.24) is 5.32 Å². The molecule has 3 nitrogen and oxygen atoms in total. The lowest BCUT2D eigenvalue weighted by molar-refractivity contribution is -0.133. The van der Waals surface area contributed by atoms with Gasteiger partial charge in [-0.3, -0.25) is 0 Å². The van der Waals surface area contributed by atoms with Gasteiger partial charge in [-0.2, -0.15) is 0 Å². The monoisotopic (exact) mass is 303 g/mol. The molecule has 1 aromatic carbocycles. The van der Waals surface area contributed by atoms with Gasteiger partial charge in [0.1, 0.15) is 0 Å². The summed E-state index contributed by atoms with van der Waals surface area (Å²) in [4.78, 5) is 11.8. The maximum atomic E-state index is 11.8. The van der Waals surface area contributed by atoms with E-state index in [-0.39, 0.29) is 13.8 Å². The van der Waals surface area contributed by atoms with E-state index in [1.165, 1.54) is 10.9 Å². The van der Waals surface area contributed by atoms with Crippen molar-refractivity contribution < 1.29 is 9.90 Å². The van der Waals surface area contributed by atoms with Gasteiger partial charge in [0.05, 0.1) is 5.57 Å². The van der Waals surface area contributed by atoms with Gasteiger partial charge in [-0.1, -0.05) is 37.8 Å². The number of carboxylic acid groups (broad SMARTS) is 1. The zero-order valence-corrected chi connectivity index (χ0v) is 14.1. The Morgan fingerprint density at radius 3 is 2.14 bits per heavy atom. The smallest absolute Gasteiger partial charge is 0.334 e. The minimum absolute atomic E-state index is 0.148. The van der Waals surface area contributed by atoms with Crippen LogP contribution < -0.4 is 5.32 Å². The second kappa shape index (κ2) is 6.03. The molecule has 0 amide bonds. The van der Waals surface area contributed by atoms with Gasteiger partial charge in [-0.15, -0.1) is 0 Å². The molecule has 1 heterocycles. The lowest BCUT2D eigenvalue weighted by atomic mass is 9.86. The predicted octanol–water partition coefficient (Wildman–Crippen LogP) is 4.01. The largest absolute Gasteiger partial charge is 0.478 e. The van der Waals surface area contributed by atoms with Crippen molar-refractivity contribution in [1.29, 1.82) is 0 Å². The third-order valence-corrected chi connectivity index (χ3v) is 5.41. The van der Waals surface area contributed by atoms with Crippen LogP contribution in [0.1, 0.15) is 30.9 Å². The standard InChI is InChI=1S/C17H22NO2P/c1-10-6-8-13(9-7-10)15-14(17(19)20)11(2)18-12(3)16(15)21(4)5/h6-9,15,18H,1-5H3,(H,19,20). The molecule has 112 valence electrons. The molecular formula is C17H22NO2P. The number of benzene rings is 1. The summed E-state index contributed by atoms with van der Waals surface area (Å²) in [5, 5.41) is 14.1. The first kappa shape index (κ1) is 15.8. The minimum atomic E-state index is -0.840. The van der Waals surface area contributed by atoms with E-state index in [0.717, 1.165) is 17.0 Å². The van der Waals surface area contributed by atoms with Crippen molar-refractivity contribution in [3.05, 3.63) is 57.7 Å². The maximum Gasteiger partial charge on any atom is 0.334 e. The summed E-state index contributed by atoms with van der Waals surface area (Å²) in [6.07, 6.45) is 0. The summed E-state index contributed by atoms with van der Waals surface area (Å²) >= 11 is 0. The number of nitrogens with one attached hydrogen (secondary N) is 1. The van der Waals surface area contributed by atoms with E-state index in [4.69, 9.17) is 0 Å². The number of hydrogen-bond acceptors (Lipinski definition) is 2. The van der Waals surface area contributed by atoms with Crippen LogP contribution in [0.2, 0.25) is 0 Å². The van der Waals surface area contributed by atoms with Gasteiger partial charge in [0.25, 0.3) is 0 Å². The van der Waals surface area contributed by atoms with Crippen LogP contribution in [0, 0.1) is 6.92 Å². The van der Waals surface area contributed by atoms with E-state index in [1.807, 2.05) is 45.0 Å². The molecule has 1 atom stereocenters. The second-order valence-electron chi connectivity index (χ2n) is 5.72. The van der Waals surface area contributed by atoms with Crippen LogP contribution in [-0.4, -0.2) is 24.4 Å². The molecular weight excluding hydrogens is 281 g/mol. The molecule has 1 aromatic rings. The number of allylic oxidation sites excluding steroid dienone is 3. The van der Waals surface area contributed by atoms with Crippen molar-refractivity contribution in [2.45, 2.75) is 26.7 Å². The van der Waals surface area contributed by atoms with E-state index in [9.17, 15) is 9.90 Å². The lowest BCUT2D eigenvalue weighted by Crippen LogP contribution is -2.27. The molecule has 0 fully saturated rings. The summed E-state index contributed by atoms with van der Waals surface area (Å²) in [5.74, 6) is -0.988. The molecule has 21 heavy (non-hydrogen) atoms. The number of rotatable bonds is 3. The third-order valence-electron chi connectivity index (χ3n) is 3.85. The van der Waals surface area contributed by atoms with Gasteiger partial charge in [0.2, 0.25) is 0 Å². The molecule has 0 bridgehead atoms. The molecule has 0 aliphatic carbocycles. The Balaban J connectivity index is 2.64. The molecule has 0 saturated carbocycles. The molecule has 2 N–H and O–H groups in total. The Morgan fingerprint density at radius 2 is 1.67 bits per heavy atom. The highest BCUT2D eigenvalue weighted by atomic mass is 31.1. The Morgan fingerprint density at radius 1 is 1.10 bits per heavy atom. The van der Waals surface area contributed by atoms with Gasteiger partial charge in [0, 0.05) is 17.3 Å². The lowest BCUT2D eigenvalue weighted by Gasteiger charge is -2.33. The highest BCUT2D eigenvalue weighted by molar-refractivity contribution is 7.60. The van der Waals surface area contributed by atoms with Crippen LogP contribution >= 0.6 is 7.92 Å². The summed E-state index contributed by atoms with van der Waals surface area (Å²) in [7, 11) is -0.379. The van der Waals surface area contributed by atoms with Crippen LogP contribution in [0.15, 0.2) is 46.5 Å². The average molecular weight is 303 g/mol. The topological polar surface area (TPSA) is 49.3 Å². The number of aliphatic carboxylic acids is 1. The fourth-order valence-electron chi connectivity index (χ4n) is 2.94. The average Bonchev–Trinajstić information content (AvgIpc) is 2.37. The highest BCUT2D eigenvalue weighted by Gasteiger charge is 2.33. The fraction of sp³-hybridized carbons (Fsp3) is 0.353. The normalized spacial score (nSPS) is 19.0. The van der Waals surface area contributed by atoms with E-state index in [0.29, 0.717) is 5.57 Å². The molecule has 2 rings (SSSR count). The summed E-state index contributed by atoms with van der Waals surface area (Å²) < 4.78 is 0. The van der Waals surface area contributed by atoms with Crippen molar-refractivity contribution in [3.63, 3.8) is 0 Å². The summed E-state index contributed by atoms with van der Waals surface area (Å²) in [6, 6.07) is 8.20. The first-order chi connectivity index (χ1) is 9.82. The first-order valence-electron chi connectivity index (χ1n) is 6.98. The maximum absolute atomic E-state index is 11.8. The zero-order valence-electron chi connectivity index (χ0n) is 13.2. The van der Waals surface area contributed by atoms with Gasteiger partial charge in [0.15, 0.2) is 0 Å². The van der Waals surface area contributed by atoms with Crippen LogP contribution in [0.5, 0.6) is 0 Å². The minimum Gasteiger partial charge on any atom is -0.478 e. The Kier molecular flexibility index (Phi) is 4.53. The fourth-order valence-corrected chi connectivity index (χ4v) is 4.46. The Hall–Kier alpha value is -1.60. The molecule has 1 aliphatic rings. The SMILES string of the molecule is CC1=C(C(=O)O)C(c2ccc(C)cc2)C(P(C)C)=C(C)N1. The molecule has 4 heteroatoms. The predicted molar refractivity (Wildman–Crippen MR) is 88.9 cm³/mol. The number of aryl methyl sites for hydroxylation is 1. The molecule has 1 unspecified atom stereocenters. The van der Waals surface area contributed by atoms with Gasteiger partial charge in [-0.05, 0) is 45.0 Å². The third kappa shape index (κ3) is 3.03. The molecule has 0 radical (unpaired) electrons. The van der Waals surface area contributed by atoms with Crippen LogP contribution in [-0.2, 0) is 4.79 Å². The molecule has 1 aliphatic heterocycles. The second-order valence-corrected chi connectivity index (χ2v) is 7.99. The Bertz CT molecular complexity index is 627. The number of carbonyl (C=O) groups is 1. The highest BCUT2D eigenvalue weighted by Crippen LogP contribution is 2.52. The van der Waals surface area contributed by atoms with Crippen LogP contribution in [0.4, 0.5) is 0 Å². The quantitative estimate of drug-likeness (QED) is 0.829. The number of dihydropyridines is 1. The molecule has 0 spiro atoms. The summed E-state index contributed by atoms with van der Waals surface area (Å²) in [6.45, 7) is 10.3. The number of carboxylic acids is 1. The van der Waals surface area contributed by atoms with E-state index >= 15 is 0 Å². The molecule has 0 saturated heterocycles. The van der Waals surface area contributed by atoms with E-state index < -0.39 is 5.97 Å². The van der Waals surface area contributed by atoms with Crippen molar-refractivity contribution in [2.75, 3.05) is 13.3 Å². The van der Waals surface area contributed by atoms with Gasteiger partial charge in [-0.25, -0.2) is 4.79 Å². The van der Waals surface area contributed by atoms with E-state index in [2.05, 4.69) is 18.6 Å². The van der Waals surface area contributed by atoms with Gasteiger partial charge >= 0.3 is 5.97 Å². The van der Waals surface area contributed by atoms with E-state index in [1.54, 1.807) is 0 Å². The zero-order chi connectivity index (χ0) is 15.7. The van der Waals surface area contributed by atoms with Crippen molar-refractivity contribution in [2.24, 2.45) is 0 Å². The molecule has 0 aromatic heterocycles. The van der Waals surface area contributed by atoms with Crippen LogP contribution in [0.25, 0.3) is 0 Å². The van der Waals surface area contributed by atoms with Crippen molar-refractivity contribution >= 4 is 13.9 Å². The number of hydrogen-bond donors (Lipinski definition) is 2.